The van der Waals surface area contributed by atoms with Gasteiger partial charge in [0.25, 0.3) is 5.91 Å². The summed E-state index contributed by atoms with van der Waals surface area (Å²) in [6.45, 7) is 0. The number of nitrogens with one attached hydrogen (secondary N) is 3. The van der Waals surface area contributed by atoms with Crippen molar-refractivity contribution in [2.45, 2.75) is 16.9 Å². The molecule has 3 N–H and O–H groups in total. The van der Waals surface area contributed by atoms with Gasteiger partial charge in [-0.1, -0.05) is 11.6 Å². The molecule has 1 fully saturated rings. The zero-order valence-corrected chi connectivity index (χ0v) is 18.2. The van der Waals surface area contributed by atoms with Gasteiger partial charge in [0.1, 0.15) is 15.8 Å². The SMILES string of the molecule is O=C(Nc1c(F)ccc(NC(=O)C(F)(F)F)c1F)c1cc(NC(=O)C2CC2(Cl)Cl)ccc1Cl. The molecule has 2 aromatic carbocycles. The summed E-state index contributed by atoms with van der Waals surface area (Å²) in [6.07, 6.45) is -5.10. The predicted octanol–water partition coefficient (Wildman–Crippen LogP) is 5.50. The average molecular weight is 531 g/mol. The molecule has 3 amide bonds. The molecule has 14 heteroatoms. The van der Waals surface area contributed by atoms with E-state index in [1.54, 1.807) is 0 Å². The molecule has 2 aromatic rings. The number of rotatable bonds is 5. The summed E-state index contributed by atoms with van der Waals surface area (Å²) in [5.41, 5.74) is -2.37. The van der Waals surface area contributed by atoms with Gasteiger partial charge in [-0.05, 0) is 36.8 Å². The molecule has 0 heterocycles. The van der Waals surface area contributed by atoms with E-state index in [0.717, 1.165) is 6.07 Å². The lowest BCUT2D eigenvalue weighted by Crippen LogP contribution is -2.30. The largest absolute Gasteiger partial charge is 0.471 e. The van der Waals surface area contributed by atoms with Crippen LogP contribution in [0.25, 0.3) is 0 Å². The molecule has 0 radical (unpaired) electrons. The Hall–Kier alpha value is -2.63. The van der Waals surface area contributed by atoms with Gasteiger partial charge in [-0.15, -0.1) is 23.2 Å². The van der Waals surface area contributed by atoms with Crippen LogP contribution in [0.1, 0.15) is 16.8 Å². The lowest BCUT2D eigenvalue weighted by Gasteiger charge is -2.14. The van der Waals surface area contributed by atoms with Crippen molar-refractivity contribution in [2.75, 3.05) is 16.0 Å². The Morgan fingerprint density at radius 2 is 1.64 bits per heavy atom. The second-order valence-corrected chi connectivity index (χ2v) is 8.84. The number of carbonyl (C=O) groups excluding carboxylic acids is 3. The lowest BCUT2D eigenvalue weighted by atomic mass is 10.1. The van der Waals surface area contributed by atoms with Crippen molar-refractivity contribution < 1.29 is 36.3 Å². The third-order valence-electron chi connectivity index (χ3n) is 4.46. The maximum Gasteiger partial charge on any atom is 0.471 e. The molecule has 0 aromatic heterocycles. The van der Waals surface area contributed by atoms with Crippen LogP contribution in [-0.4, -0.2) is 28.2 Å². The molecule has 1 aliphatic rings. The molecule has 0 bridgehead atoms. The quantitative estimate of drug-likeness (QED) is 0.352. The number of carbonyl (C=O) groups is 3. The molecule has 1 saturated carbocycles. The first-order valence-electron chi connectivity index (χ1n) is 8.86. The Balaban J connectivity index is 1.82. The van der Waals surface area contributed by atoms with Crippen molar-refractivity contribution >= 4 is 69.6 Å². The fraction of sp³-hybridized carbons (Fsp3) is 0.211. The first-order valence-corrected chi connectivity index (χ1v) is 10.00. The molecule has 33 heavy (non-hydrogen) atoms. The Labute approximate surface area is 197 Å². The highest BCUT2D eigenvalue weighted by molar-refractivity contribution is 6.52. The van der Waals surface area contributed by atoms with Gasteiger partial charge in [-0.25, -0.2) is 8.78 Å². The van der Waals surface area contributed by atoms with Crippen LogP contribution in [0.2, 0.25) is 5.02 Å². The van der Waals surface area contributed by atoms with E-state index in [1.165, 1.54) is 17.4 Å². The van der Waals surface area contributed by atoms with Gasteiger partial charge in [-0.2, -0.15) is 13.2 Å². The number of benzene rings is 2. The fourth-order valence-corrected chi connectivity index (χ4v) is 3.35. The number of anilines is 3. The predicted molar refractivity (Wildman–Crippen MR) is 112 cm³/mol. The molecule has 1 aliphatic carbocycles. The van der Waals surface area contributed by atoms with Gasteiger partial charge < -0.3 is 16.0 Å². The number of hydrogen-bond acceptors (Lipinski definition) is 3. The van der Waals surface area contributed by atoms with Gasteiger partial charge in [0, 0.05) is 5.69 Å². The van der Waals surface area contributed by atoms with Crippen molar-refractivity contribution in [3.8, 4) is 0 Å². The molecule has 0 spiro atoms. The van der Waals surface area contributed by atoms with Crippen LogP contribution >= 0.6 is 34.8 Å². The van der Waals surface area contributed by atoms with Crippen molar-refractivity contribution in [3.63, 3.8) is 0 Å². The Morgan fingerprint density at radius 1 is 1.00 bits per heavy atom. The molecule has 1 unspecified atom stereocenters. The van der Waals surface area contributed by atoms with E-state index in [0.29, 0.717) is 12.1 Å². The highest BCUT2D eigenvalue weighted by Crippen LogP contribution is 2.53. The molecule has 6 nitrogen and oxygen atoms in total. The van der Waals surface area contributed by atoms with Crippen LogP contribution in [0.3, 0.4) is 0 Å². The van der Waals surface area contributed by atoms with Gasteiger partial charge in [-0.3, -0.25) is 14.4 Å². The van der Waals surface area contributed by atoms with E-state index in [4.69, 9.17) is 34.8 Å². The number of alkyl halides is 5. The first kappa shape index (κ1) is 25.0. The standard InChI is InChI=1S/C19H11Cl3F5N3O3/c20-10-2-1-7(28-16(32)9-6-18(9,21)22)5-8(10)15(31)30-14-11(23)3-4-12(13(14)24)29-17(33)19(25,26)27/h1-5,9H,6H2,(H,28,32)(H,29,33)(H,30,31). The summed E-state index contributed by atoms with van der Waals surface area (Å²) in [5.74, 6) is -7.84. The summed E-state index contributed by atoms with van der Waals surface area (Å²) in [5, 5.41) is 5.40. The first-order chi connectivity index (χ1) is 15.2. The van der Waals surface area contributed by atoms with E-state index in [9.17, 15) is 36.3 Å². The second kappa shape index (κ2) is 8.96. The lowest BCUT2D eigenvalue weighted by molar-refractivity contribution is -0.167. The molecule has 0 aliphatic heterocycles. The molecule has 3 rings (SSSR count). The minimum Gasteiger partial charge on any atom is -0.326 e. The average Bonchev–Trinajstić information content (AvgIpc) is 3.36. The molecule has 1 atom stereocenters. The van der Waals surface area contributed by atoms with E-state index in [-0.39, 0.29) is 22.7 Å². The third kappa shape index (κ3) is 5.66. The summed E-state index contributed by atoms with van der Waals surface area (Å²) in [4.78, 5) is 35.7. The second-order valence-electron chi connectivity index (χ2n) is 6.89. The smallest absolute Gasteiger partial charge is 0.326 e. The fourth-order valence-electron chi connectivity index (χ4n) is 2.64. The zero-order chi connectivity index (χ0) is 24.7. The van der Waals surface area contributed by atoms with Crippen LogP contribution in [0.15, 0.2) is 30.3 Å². The zero-order valence-electron chi connectivity index (χ0n) is 15.9. The van der Waals surface area contributed by atoms with E-state index in [2.05, 4.69) is 5.32 Å². The van der Waals surface area contributed by atoms with Crippen molar-refractivity contribution in [2.24, 2.45) is 5.92 Å². The van der Waals surface area contributed by atoms with Crippen molar-refractivity contribution in [3.05, 3.63) is 52.6 Å². The summed E-state index contributed by atoms with van der Waals surface area (Å²) < 4.78 is 64.7. The molecular weight excluding hydrogens is 520 g/mol. The normalized spacial score (nSPS) is 16.7. The highest BCUT2D eigenvalue weighted by atomic mass is 35.5. The molecular formula is C19H11Cl3F5N3O3. The van der Waals surface area contributed by atoms with Crippen molar-refractivity contribution in [1.82, 2.24) is 0 Å². The van der Waals surface area contributed by atoms with Gasteiger partial charge >= 0.3 is 12.1 Å². The van der Waals surface area contributed by atoms with Crippen LogP contribution < -0.4 is 16.0 Å². The number of hydrogen-bond donors (Lipinski definition) is 3. The van der Waals surface area contributed by atoms with Crippen LogP contribution in [0.4, 0.5) is 39.0 Å². The van der Waals surface area contributed by atoms with Gasteiger partial charge in [0.15, 0.2) is 5.82 Å². The number of halogens is 8. The van der Waals surface area contributed by atoms with Crippen molar-refractivity contribution in [1.29, 1.82) is 0 Å². The van der Waals surface area contributed by atoms with E-state index in [1.807, 2.05) is 5.32 Å². The number of amides is 3. The Bertz CT molecular complexity index is 1160. The summed E-state index contributed by atoms with van der Waals surface area (Å²) >= 11 is 17.6. The van der Waals surface area contributed by atoms with E-state index >= 15 is 0 Å². The topological polar surface area (TPSA) is 87.3 Å². The van der Waals surface area contributed by atoms with Crippen LogP contribution in [0.5, 0.6) is 0 Å². The maximum atomic E-state index is 14.5. The van der Waals surface area contributed by atoms with Crippen LogP contribution in [-0.2, 0) is 9.59 Å². The van der Waals surface area contributed by atoms with Gasteiger partial charge in [0.05, 0.1) is 22.2 Å². The summed E-state index contributed by atoms with van der Waals surface area (Å²) in [6, 6.07) is 4.77. The Kier molecular flexibility index (Phi) is 6.79. The van der Waals surface area contributed by atoms with Gasteiger partial charge in [0.2, 0.25) is 5.91 Å². The molecule has 176 valence electrons. The Morgan fingerprint density at radius 3 is 2.21 bits per heavy atom. The van der Waals surface area contributed by atoms with Crippen LogP contribution in [0, 0.1) is 17.6 Å². The highest BCUT2D eigenvalue weighted by Gasteiger charge is 2.56. The molecule has 0 saturated heterocycles. The monoisotopic (exact) mass is 529 g/mol. The third-order valence-corrected chi connectivity index (χ3v) is 5.62. The summed E-state index contributed by atoms with van der Waals surface area (Å²) in [7, 11) is 0. The van der Waals surface area contributed by atoms with E-state index < -0.39 is 57.2 Å². The maximum absolute atomic E-state index is 14.5. The minimum atomic E-state index is -5.32. The minimum absolute atomic E-state index is 0.0951.